The van der Waals surface area contributed by atoms with E-state index < -0.39 is 0 Å². The minimum Gasteiger partial charge on any atom is -0.496 e. The molecule has 0 aliphatic rings. The Balaban J connectivity index is 3.13. The fourth-order valence-corrected chi connectivity index (χ4v) is 2.04. The summed E-state index contributed by atoms with van der Waals surface area (Å²) in [6.45, 7) is 5.90. The van der Waals surface area contributed by atoms with Gasteiger partial charge in [-0.1, -0.05) is 0 Å². The highest BCUT2D eigenvalue weighted by Crippen LogP contribution is 2.34. The summed E-state index contributed by atoms with van der Waals surface area (Å²) in [4.78, 5) is 0. The van der Waals surface area contributed by atoms with Crippen LogP contribution >= 0.6 is 0 Å². The zero-order valence-electron chi connectivity index (χ0n) is 11.9. The van der Waals surface area contributed by atoms with Gasteiger partial charge in [0.1, 0.15) is 11.5 Å². The zero-order valence-corrected chi connectivity index (χ0v) is 11.9. The molecular weight excluding hydrogens is 228 g/mol. The fourth-order valence-electron chi connectivity index (χ4n) is 2.04. The van der Waals surface area contributed by atoms with Crippen molar-refractivity contribution in [1.29, 1.82) is 0 Å². The molecule has 0 spiro atoms. The van der Waals surface area contributed by atoms with Crippen LogP contribution in [0.2, 0.25) is 0 Å². The van der Waals surface area contributed by atoms with E-state index >= 15 is 0 Å². The largest absolute Gasteiger partial charge is 0.496 e. The molecule has 0 bridgehead atoms. The number of hydrogen-bond acceptors (Lipinski definition) is 4. The number of aryl methyl sites for hydroxylation is 1. The van der Waals surface area contributed by atoms with Gasteiger partial charge in [-0.15, -0.1) is 0 Å². The quantitative estimate of drug-likeness (QED) is 0.842. The van der Waals surface area contributed by atoms with Gasteiger partial charge in [0.2, 0.25) is 0 Å². The summed E-state index contributed by atoms with van der Waals surface area (Å²) >= 11 is 0. The molecule has 1 aromatic rings. The fraction of sp³-hybridized carbons (Fsp3) is 0.571. The second-order valence-electron chi connectivity index (χ2n) is 5.36. The van der Waals surface area contributed by atoms with Crippen molar-refractivity contribution in [2.24, 2.45) is 11.5 Å². The van der Waals surface area contributed by atoms with Gasteiger partial charge < -0.3 is 20.9 Å². The topological polar surface area (TPSA) is 70.5 Å². The third-order valence-electron chi connectivity index (χ3n) is 2.89. The van der Waals surface area contributed by atoms with Crippen molar-refractivity contribution in [1.82, 2.24) is 0 Å². The first-order chi connectivity index (χ1) is 8.28. The van der Waals surface area contributed by atoms with Crippen LogP contribution in [-0.2, 0) is 0 Å². The lowest BCUT2D eigenvalue weighted by Gasteiger charge is -2.25. The van der Waals surface area contributed by atoms with E-state index in [9.17, 15) is 0 Å². The van der Waals surface area contributed by atoms with Gasteiger partial charge in [0, 0.05) is 17.1 Å². The van der Waals surface area contributed by atoms with Crippen LogP contribution in [0.3, 0.4) is 0 Å². The lowest BCUT2D eigenvalue weighted by atomic mass is 9.91. The molecule has 0 heterocycles. The van der Waals surface area contributed by atoms with E-state index in [4.69, 9.17) is 20.9 Å². The van der Waals surface area contributed by atoms with Gasteiger partial charge in [-0.05, 0) is 44.9 Å². The van der Waals surface area contributed by atoms with Crippen LogP contribution in [0.25, 0.3) is 0 Å². The molecule has 0 saturated carbocycles. The Morgan fingerprint density at radius 2 is 1.72 bits per heavy atom. The maximum Gasteiger partial charge on any atom is 0.124 e. The van der Waals surface area contributed by atoms with E-state index in [-0.39, 0.29) is 11.6 Å². The van der Waals surface area contributed by atoms with Crippen molar-refractivity contribution in [2.45, 2.75) is 38.8 Å². The van der Waals surface area contributed by atoms with E-state index in [0.29, 0.717) is 6.42 Å². The van der Waals surface area contributed by atoms with Crippen LogP contribution in [0.4, 0.5) is 0 Å². The molecule has 1 atom stereocenters. The summed E-state index contributed by atoms with van der Waals surface area (Å²) in [5.41, 5.74) is 13.9. The van der Waals surface area contributed by atoms with Crippen molar-refractivity contribution in [3.8, 4) is 11.5 Å². The number of benzene rings is 1. The number of methoxy groups -OCH3 is 2. The first-order valence-electron chi connectivity index (χ1n) is 6.05. The predicted molar refractivity (Wildman–Crippen MR) is 74.1 cm³/mol. The van der Waals surface area contributed by atoms with Crippen LogP contribution in [0.15, 0.2) is 12.1 Å². The molecule has 18 heavy (non-hydrogen) atoms. The monoisotopic (exact) mass is 252 g/mol. The Morgan fingerprint density at radius 3 is 2.17 bits per heavy atom. The van der Waals surface area contributed by atoms with Crippen molar-refractivity contribution in [3.63, 3.8) is 0 Å². The highest BCUT2D eigenvalue weighted by molar-refractivity contribution is 5.47. The SMILES string of the molecule is COc1cc(C(N)CC(C)(C)N)c(OC)cc1C. The summed E-state index contributed by atoms with van der Waals surface area (Å²) in [7, 11) is 3.29. The van der Waals surface area contributed by atoms with E-state index in [0.717, 1.165) is 22.6 Å². The van der Waals surface area contributed by atoms with E-state index in [1.54, 1.807) is 14.2 Å². The molecule has 0 aliphatic carbocycles. The maximum absolute atomic E-state index is 6.22. The van der Waals surface area contributed by atoms with Crippen LogP contribution in [-0.4, -0.2) is 19.8 Å². The maximum atomic E-state index is 6.22. The van der Waals surface area contributed by atoms with E-state index in [1.165, 1.54) is 0 Å². The van der Waals surface area contributed by atoms with Crippen LogP contribution < -0.4 is 20.9 Å². The lowest BCUT2D eigenvalue weighted by molar-refractivity contribution is 0.379. The Hall–Kier alpha value is -1.26. The minimum absolute atomic E-state index is 0.172. The molecule has 0 aromatic heterocycles. The number of rotatable bonds is 5. The number of ether oxygens (including phenoxy) is 2. The van der Waals surface area contributed by atoms with Crippen LogP contribution in [0.5, 0.6) is 11.5 Å². The van der Waals surface area contributed by atoms with Crippen molar-refractivity contribution >= 4 is 0 Å². The molecule has 0 radical (unpaired) electrons. The predicted octanol–water partition coefficient (Wildman–Crippen LogP) is 2.14. The molecule has 0 fully saturated rings. The summed E-state index contributed by atoms with van der Waals surface area (Å²) < 4.78 is 10.7. The van der Waals surface area contributed by atoms with E-state index in [1.807, 2.05) is 32.9 Å². The molecule has 0 aliphatic heterocycles. The Morgan fingerprint density at radius 1 is 1.17 bits per heavy atom. The second kappa shape index (κ2) is 5.59. The number of hydrogen-bond donors (Lipinski definition) is 2. The van der Waals surface area contributed by atoms with Gasteiger partial charge in [0.15, 0.2) is 0 Å². The molecule has 102 valence electrons. The highest BCUT2D eigenvalue weighted by atomic mass is 16.5. The van der Waals surface area contributed by atoms with Crippen LogP contribution in [0, 0.1) is 6.92 Å². The van der Waals surface area contributed by atoms with E-state index in [2.05, 4.69) is 0 Å². The molecule has 1 aromatic carbocycles. The minimum atomic E-state index is -0.317. The molecular formula is C14H24N2O2. The van der Waals surface area contributed by atoms with Gasteiger partial charge in [0.05, 0.1) is 14.2 Å². The molecule has 4 N–H and O–H groups in total. The van der Waals surface area contributed by atoms with Crippen molar-refractivity contribution < 1.29 is 9.47 Å². The first kappa shape index (κ1) is 14.8. The van der Waals surface area contributed by atoms with Crippen molar-refractivity contribution in [2.75, 3.05) is 14.2 Å². The average molecular weight is 252 g/mol. The highest BCUT2D eigenvalue weighted by Gasteiger charge is 2.21. The molecule has 0 amide bonds. The van der Waals surface area contributed by atoms with Gasteiger partial charge in [-0.3, -0.25) is 0 Å². The standard InChI is InChI=1S/C14H24N2O2/c1-9-6-13(18-5)10(7-12(9)17-4)11(15)8-14(2,3)16/h6-7,11H,8,15-16H2,1-5H3. The average Bonchev–Trinajstić information content (AvgIpc) is 2.26. The zero-order chi connectivity index (χ0) is 13.9. The summed E-state index contributed by atoms with van der Waals surface area (Å²) in [5, 5.41) is 0. The molecule has 4 heteroatoms. The number of nitrogens with two attached hydrogens (primary N) is 2. The Kier molecular flexibility index (Phi) is 4.59. The summed E-state index contributed by atoms with van der Waals surface area (Å²) in [5.74, 6) is 1.60. The first-order valence-corrected chi connectivity index (χ1v) is 6.05. The van der Waals surface area contributed by atoms with Crippen LogP contribution in [0.1, 0.15) is 37.4 Å². The van der Waals surface area contributed by atoms with Gasteiger partial charge in [-0.2, -0.15) is 0 Å². The second-order valence-corrected chi connectivity index (χ2v) is 5.36. The third-order valence-corrected chi connectivity index (χ3v) is 2.89. The Labute approximate surface area is 109 Å². The van der Waals surface area contributed by atoms with Gasteiger partial charge in [-0.25, -0.2) is 0 Å². The Bertz CT molecular complexity index is 411. The van der Waals surface area contributed by atoms with Gasteiger partial charge in [0.25, 0.3) is 0 Å². The molecule has 1 unspecified atom stereocenters. The smallest absolute Gasteiger partial charge is 0.124 e. The third kappa shape index (κ3) is 3.62. The molecule has 0 saturated heterocycles. The van der Waals surface area contributed by atoms with Crippen molar-refractivity contribution in [3.05, 3.63) is 23.3 Å². The molecule has 1 rings (SSSR count). The molecule has 4 nitrogen and oxygen atoms in total. The van der Waals surface area contributed by atoms with Gasteiger partial charge >= 0.3 is 0 Å². The summed E-state index contributed by atoms with van der Waals surface area (Å²) in [6.07, 6.45) is 0.676. The normalized spacial score (nSPS) is 13.3. The lowest BCUT2D eigenvalue weighted by Crippen LogP contribution is -2.36. The summed E-state index contributed by atoms with van der Waals surface area (Å²) in [6, 6.07) is 3.71.